The van der Waals surface area contributed by atoms with Gasteiger partial charge in [-0.1, -0.05) is 17.7 Å². The number of carbonyl (C=O) groups is 1. The van der Waals surface area contributed by atoms with Crippen molar-refractivity contribution in [3.63, 3.8) is 0 Å². The van der Waals surface area contributed by atoms with Crippen LogP contribution in [0.4, 0.5) is 0 Å². The number of hydrogen-bond acceptors (Lipinski definition) is 4. The highest BCUT2D eigenvalue weighted by molar-refractivity contribution is 7.89. The minimum Gasteiger partial charge on any atom is -0.462 e. The van der Waals surface area contributed by atoms with Crippen molar-refractivity contribution in [2.24, 2.45) is 0 Å². The van der Waals surface area contributed by atoms with Crippen molar-refractivity contribution in [2.75, 3.05) is 6.61 Å². The number of carbonyl (C=O) groups excluding carboxylic acids is 1. The molecule has 6 heteroatoms. The van der Waals surface area contributed by atoms with E-state index in [-0.39, 0.29) is 11.5 Å². The average molecular weight is 255 g/mol. The van der Waals surface area contributed by atoms with Crippen molar-refractivity contribution < 1.29 is 17.9 Å². The largest absolute Gasteiger partial charge is 0.462 e. The molecule has 1 saturated heterocycles. The van der Waals surface area contributed by atoms with Crippen LogP contribution in [0.5, 0.6) is 0 Å². The fourth-order valence-electron chi connectivity index (χ4n) is 1.49. The Balaban J connectivity index is 2.25. The van der Waals surface area contributed by atoms with Gasteiger partial charge in [0.1, 0.15) is 6.61 Å². The zero-order valence-electron chi connectivity index (χ0n) is 9.56. The Morgan fingerprint density at radius 2 is 1.88 bits per heavy atom. The van der Waals surface area contributed by atoms with Crippen LogP contribution in [-0.4, -0.2) is 26.5 Å². The molecule has 0 aliphatic carbocycles. The fraction of sp³-hybridized carbons (Fsp3) is 0.364. The van der Waals surface area contributed by atoms with E-state index in [4.69, 9.17) is 0 Å². The summed E-state index contributed by atoms with van der Waals surface area (Å²) in [7, 11) is -3.68. The van der Waals surface area contributed by atoms with Gasteiger partial charge in [-0.15, -0.1) is 0 Å². The van der Waals surface area contributed by atoms with E-state index in [0.29, 0.717) is 0 Å². The molecule has 0 bridgehead atoms. The van der Waals surface area contributed by atoms with E-state index in [9.17, 15) is 13.2 Å². The van der Waals surface area contributed by atoms with Crippen LogP contribution in [0, 0.1) is 6.92 Å². The third-order valence-electron chi connectivity index (χ3n) is 2.63. The maximum atomic E-state index is 12.0. The Morgan fingerprint density at radius 3 is 2.29 bits per heavy atom. The highest BCUT2D eigenvalue weighted by Gasteiger charge is 2.48. The summed E-state index contributed by atoms with van der Waals surface area (Å²) in [6.07, 6.45) is 0. The van der Waals surface area contributed by atoms with Crippen molar-refractivity contribution in [1.29, 1.82) is 0 Å². The van der Waals surface area contributed by atoms with E-state index in [0.717, 1.165) is 5.56 Å². The quantitative estimate of drug-likeness (QED) is 0.802. The molecule has 0 saturated carbocycles. The summed E-state index contributed by atoms with van der Waals surface area (Å²) in [6, 6.07) is 6.42. The lowest BCUT2D eigenvalue weighted by atomic mass is 10.0. The molecule has 1 heterocycles. The van der Waals surface area contributed by atoms with Gasteiger partial charge in [0.2, 0.25) is 10.0 Å². The van der Waals surface area contributed by atoms with Crippen molar-refractivity contribution in [3.8, 4) is 0 Å². The molecule has 92 valence electrons. The number of aryl methyl sites for hydroxylation is 1. The van der Waals surface area contributed by atoms with Gasteiger partial charge in [-0.3, -0.25) is 0 Å². The van der Waals surface area contributed by atoms with E-state index in [2.05, 4.69) is 9.46 Å². The Morgan fingerprint density at radius 1 is 1.29 bits per heavy atom. The molecule has 1 atom stereocenters. The number of hydrogen-bond donors (Lipinski definition) is 1. The van der Waals surface area contributed by atoms with Gasteiger partial charge < -0.3 is 4.74 Å². The van der Waals surface area contributed by atoms with Crippen LogP contribution in [0.2, 0.25) is 0 Å². The normalized spacial score (nSPS) is 24.0. The molecular weight excluding hydrogens is 242 g/mol. The molecule has 17 heavy (non-hydrogen) atoms. The molecule has 0 unspecified atom stereocenters. The van der Waals surface area contributed by atoms with Crippen molar-refractivity contribution >= 4 is 16.0 Å². The Kier molecular flexibility index (Phi) is 2.71. The summed E-state index contributed by atoms with van der Waals surface area (Å²) in [5.41, 5.74) is -0.165. The zero-order valence-corrected chi connectivity index (χ0v) is 10.4. The number of ether oxygens (including phenoxy) is 1. The number of benzene rings is 1. The first kappa shape index (κ1) is 12.1. The van der Waals surface area contributed by atoms with Gasteiger partial charge in [0.15, 0.2) is 5.54 Å². The highest BCUT2D eigenvalue weighted by Crippen LogP contribution is 2.21. The lowest BCUT2D eigenvalue weighted by Gasteiger charge is -2.35. The van der Waals surface area contributed by atoms with Crippen LogP contribution in [0.3, 0.4) is 0 Å². The van der Waals surface area contributed by atoms with Crippen LogP contribution in [0.25, 0.3) is 0 Å². The second-order valence-electron chi connectivity index (χ2n) is 4.33. The summed E-state index contributed by atoms with van der Waals surface area (Å²) in [5, 5.41) is 0. The van der Waals surface area contributed by atoms with Gasteiger partial charge in [-0.05, 0) is 26.0 Å². The van der Waals surface area contributed by atoms with Crippen LogP contribution >= 0.6 is 0 Å². The smallest absolute Gasteiger partial charge is 0.330 e. The lowest BCUT2D eigenvalue weighted by Crippen LogP contribution is -2.63. The molecule has 1 aromatic carbocycles. The van der Waals surface area contributed by atoms with Crippen LogP contribution in [0.1, 0.15) is 12.5 Å². The van der Waals surface area contributed by atoms with E-state index in [1.165, 1.54) is 19.1 Å². The first-order chi connectivity index (χ1) is 7.83. The molecule has 1 aromatic rings. The molecule has 1 N–H and O–H groups in total. The number of esters is 1. The van der Waals surface area contributed by atoms with E-state index in [1.807, 2.05) is 6.92 Å². The molecule has 0 spiro atoms. The van der Waals surface area contributed by atoms with E-state index in [1.54, 1.807) is 12.1 Å². The lowest BCUT2D eigenvalue weighted by molar-refractivity contribution is -0.171. The summed E-state index contributed by atoms with van der Waals surface area (Å²) in [4.78, 5) is 11.3. The van der Waals surface area contributed by atoms with Gasteiger partial charge >= 0.3 is 5.97 Å². The van der Waals surface area contributed by atoms with E-state index < -0.39 is 21.5 Å². The molecule has 0 aromatic heterocycles. The second-order valence-corrected chi connectivity index (χ2v) is 6.01. The van der Waals surface area contributed by atoms with Gasteiger partial charge in [0, 0.05) is 0 Å². The zero-order chi connectivity index (χ0) is 12.7. The van der Waals surface area contributed by atoms with Crippen LogP contribution < -0.4 is 4.72 Å². The minimum atomic E-state index is -3.68. The number of sulfonamides is 1. The predicted molar refractivity (Wildman–Crippen MR) is 60.9 cm³/mol. The summed E-state index contributed by atoms with van der Waals surface area (Å²) >= 11 is 0. The molecule has 1 aliphatic rings. The third-order valence-corrected chi connectivity index (χ3v) is 4.25. The third kappa shape index (κ3) is 2.18. The highest BCUT2D eigenvalue weighted by atomic mass is 32.2. The molecule has 5 nitrogen and oxygen atoms in total. The average Bonchev–Trinajstić information content (AvgIpc) is 2.27. The first-order valence-electron chi connectivity index (χ1n) is 5.11. The molecule has 1 fully saturated rings. The predicted octanol–water partition coefficient (Wildman–Crippen LogP) is 0.589. The van der Waals surface area contributed by atoms with Crippen molar-refractivity contribution in [1.82, 2.24) is 4.72 Å². The maximum Gasteiger partial charge on any atom is 0.330 e. The summed E-state index contributed by atoms with van der Waals surface area (Å²) in [6.45, 7) is 3.44. The monoisotopic (exact) mass is 255 g/mol. The SMILES string of the molecule is Cc1ccc(S(=O)(=O)N[C@]2(C)COC2=O)cc1. The van der Waals surface area contributed by atoms with Gasteiger partial charge in [0.25, 0.3) is 0 Å². The molecule has 0 radical (unpaired) electrons. The maximum absolute atomic E-state index is 12.0. The van der Waals surface area contributed by atoms with Crippen LogP contribution in [0.15, 0.2) is 29.2 Å². The standard InChI is InChI=1S/C11H13NO4S/c1-8-3-5-9(6-4-8)17(14,15)12-11(2)7-16-10(11)13/h3-6,12H,7H2,1-2H3/t11-/m1/s1. The van der Waals surface area contributed by atoms with Gasteiger partial charge in [-0.25, -0.2) is 13.2 Å². The molecule has 0 amide bonds. The van der Waals surface area contributed by atoms with Crippen molar-refractivity contribution in [2.45, 2.75) is 24.3 Å². The summed E-state index contributed by atoms with van der Waals surface area (Å²) in [5.74, 6) is -0.548. The fourth-order valence-corrected chi connectivity index (χ4v) is 2.84. The minimum absolute atomic E-state index is 0.0664. The first-order valence-corrected chi connectivity index (χ1v) is 6.60. The Labute approximate surface area is 99.8 Å². The molecular formula is C11H13NO4S. The van der Waals surface area contributed by atoms with Gasteiger partial charge in [-0.2, -0.15) is 4.72 Å². The Bertz CT molecular complexity index is 549. The van der Waals surface area contributed by atoms with Gasteiger partial charge in [0.05, 0.1) is 4.90 Å². The number of rotatable bonds is 3. The summed E-state index contributed by atoms with van der Waals surface area (Å²) < 4.78 is 30.9. The van der Waals surface area contributed by atoms with E-state index >= 15 is 0 Å². The molecule has 1 aliphatic heterocycles. The Hall–Kier alpha value is -1.40. The number of cyclic esters (lactones) is 1. The van der Waals surface area contributed by atoms with Crippen molar-refractivity contribution in [3.05, 3.63) is 29.8 Å². The topological polar surface area (TPSA) is 72.5 Å². The number of nitrogens with one attached hydrogen (secondary N) is 1. The second kappa shape index (κ2) is 3.82. The molecule has 2 rings (SSSR count). The van der Waals surface area contributed by atoms with Crippen LogP contribution in [-0.2, 0) is 19.6 Å².